The maximum atomic E-state index is 15.3. The second kappa shape index (κ2) is 10.3. The molecule has 1 aromatic carbocycles. The summed E-state index contributed by atoms with van der Waals surface area (Å²) in [6.45, 7) is 0.837. The summed E-state index contributed by atoms with van der Waals surface area (Å²) in [4.78, 5) is 27.2. The van der Waals surface area contributed by atoms with Crippen molar-refractivity contribution in [2.24, 2.45) is 5.92 Å². The van der Waals surface area contributed by atoms with Crippen LogP contribution in [0.1, 0.15) is 31.7 Å². The van der Waals surface area contributed by atoms with Crippen LogP contribution in [-0.2, 0) is 4.79 Å². The Morgan fingerprint density at radius 1 is 1.12 bits per heavy atom. The Morgan fingerprint density at radius 2 is 1.93 bits per heavy atom. The number of amides is 1. The first-order chi connectivity index (χ1) is 19.4. The van der Waals surface area contributed by atoms with Crippen LogP contribution in [0.15, 0.2) is 54.4 Å². The number of anilines is 1. The van der Waals surface area contributed by atoms with Gasteiger partial charge in [-0.1, -0.05) is 6.08 Å². The molecule has 4 heterocycles. The van der Waals surface area contributed by atoms with E-state index < -0.39 is 11.8 Å². The molecule has 2 N–H and O–H groups in total. The minimum Gasteiger partial charge on any atom is -0.439 e. The van der Waals surface area contributed by atoms with E-state index in [9.17, 15) is 14.4 Å². The molecule has 1 saturated heterocycles. The van der Waals surface area contributed by atoms with Gasteiger partial charge in [0.25, 0.3) is 5.91 Å². The third kappa shape index (κ3) is 4.93. The molecule has 12 heteroatoms. The lowest BCUT2D eigenvalue weighted by Crippen LogP contribution is -2.41. The maximum Gasteiger partial charge on any atom is 0.264 e. The molecule has 0 bridgehead atoms. The zero-order valence-corrected chi connectivity index (χ0v) is 21.3. The lowest BCUT2D eigenvalue weighted by molar-refractivity contribution is -0.128. The van der Waals surface area contributed by atoms with Gasteiger partial charge in [-0.05, 0) is 61.9 Å². The summed E-state index contributed by atoms with van der Waals surface area (Å²) < 4.78 is 35.7. The highest BCUT2D eigenvalue weighted by atomic mass is 19.1. The van der Waals surface area contributed by atoms with Crippen LogP contribution in [0.3, 0.4) is 0 Å². The number of carbonyl (C=O) groups excluding carboxylic acids is 1. The molecule has 1 atom stereocenters. The fourth-order valence-electron chi connectivity index (χ4n) is 4.88. The Balaban J connectivity index is 1.32. The summed E-state index contributed by atoms with van der Waals surface area (Å²) >= 11 is 0. The number of hydrogen-bond donors (Lipinski definition) is 1. The molecule has 4 aromatic rings. The van der Waals surface area contributed by atoms with Gasteiger partial charge in [0.2, 0.25) is 11.8 Å². The first kappa shape index (κ1) is 25.4. The SMILES string of the molecule is N#CC(=CC1CC1)C(=O)N1CCCC(n2nc(-c3ccc(Oc4ccc(F)cc4)nc3F)c3c(N)ncnc32)C1. The second-order valence-electron chi connectivity index (χ2n) is 9.87. The van der Waals surface area contributed by atoms with Crippen molar-refractivity contribution in [3.8, 4) is 29.0 Å². The van der Waals surface area contributed by atoms with Crippen LogP contribution in [0, 0.1) is 29.0 Å². The van der Waals surface area contributed by atoms with Crippen LogP contribution in [0.2, 0.25) is 0 Å². The maximum absolute atomic E-state index is 15.3. The van der Waals surface area contributed by atoms with E-state index in [0.717, 1.165) is 12.8 Å². The molecule has 1 aliphatic carbocycles. The van der Waals surface area contributed by atoms with E-state index in [-0.39, 0.29) is 40.5 Å². The van der Waals surface area contributed by atoms with Gasteiger partial charge in [-0.3, -0.25) is 4.79 Å². The number of nitrogen functional groups attached to an aromatic ring is 1. The lowest BCUT2D eigenvalue weighted by Gasteiger charge is -2.32. The van der Waals surface area contributed by atoms with Crippen molar-refractivity contribution < 1.29 is 18.3 Å². The summed E-state index contributed by atoms with van der Waals surface area (Å²) in [6, 6.07) is 10.0. The van der Waals surface area contributed by atoms with Crippen molar-refractivity contribution in [2.75, 3.05) is 18.8 Å². The fourth-order valence-corrected chi connectivity index (χ4v) is 4.88. The largest absolute Gasteiger partial charge is 0.439 e. The predicted molar refractivity (Wildman–Crippen MR) is 141 cm³/mol. The molecular formula is C28H24F2N8O2. The topological polar surface area (TPSA) is 136 Å². The molecule has 2 fully saturated rings. The smallest absolute Gasteiger partial charge is 0.264 e. The first-order valence-electron chi connectivity index (χ1n) is 12.9. The number of pyridine rings is 1. The van der Waals surface area contributed by atoms with E-state index in [1.54, 1.807) is 15.7 Å². The Labute approximate surface area is 227 Å². The van der Waals surface area contributed by atoms with Crippen molar-refractivity contribution in [3.63, 3.8) is 0 Å². The number of nitrogens with zero attached hydrogens (tertiary/aromatic N) is 7. The Hall–Kier alpha value is -4.92. The number of halogens is 2. The number of fused-ring (bicyclic) bond motifs is 1. The van der Waals surface area contributed by atoms with Crippen LogP contribution in [-0.4, -0.2) is 48.6 Å². The van der Waals surface area contributed by atoms with Crippen LogP contribution in [0.4, 0.5) is 14.6 Å². The van der Waals surface area contributed by atoms with Gasteiger partial charge in [0.05, 0.1) is 17.0 Å². The zero-order valence-electron chi connectivity index (χ0n) is 21.3. The minimum atomic E-state index is -0.848. The van der Waals surface area contributed by atoms with Crippen molar-refractivity contribution in [1.29, 1.82) is 5.26 Å². The normalized spacial score (nSPS) is 17.6. The van der Waals surface area contributed by atoms with E-state index in [1.165, 1.54) is 42.7 Å². The molecule has 2 aliphatic rings. The van der Waals surface area contributed by atoms with E-state index in [1.807, 2.05) is 0 Å². The summed E-state index contributed by atoms with van der Waals surface area (Å²) in [6.07, 6.45) is 6.46. The third-order valence-electron chi connectivity index (χ3n) is 7.04. The molecule has 1 unspecified atom stereocenters. The Bertz CT molecular complexity index is 1670. The van der Waals surface area contributed by atoms with Crippen LogP contribution in [0.25, 0.3) is 22.3 Å². The second-order valence-corrected chi connectivity index (χ2v) is 9.87. The summed E-state index contributed by atoms with van der Waals surface area (Å²) in [5.41, 5.74) is 7.05. The van der Waals surface area contributed by atoms with Gasteiger partial charge in [0.1, 0.15) is 41.0 Å². The van der Waals surface area contributed by atoms with E-state index in [2.05, 4.69) is 21.0 Å². The van der Waals surface area contributed by atoms with Crippen LogP contribution in [0.5, 0.6) is 11.6 Å². The molecule has 202 valence electrons. The van der Waals surface area contributed by atoms with Gasteiger partial charge in [-0.15, -0.1) is 0 Å². The number of allylic oxidation sites excluding steroid dienone is 1. The van der Waals surface area contributed by atoms with Gasteiger partial charge >= 0.3 is 0 Å². The zero-order chi connectivity index (χ0) is 27.8. The number of rotatable bonds is 6. The number of nitrogens with two attached hydrogens (primary N) is 1. The standard InChI is InChI=1S/C28H24F2N8O2/c29-18-5-7-20(8-6-18)40-22-10-9-21(25(30)35-22)24-23-26(32)33-15-34-27(23)38(36-24)19-2-1-11-37(14-19)28(39)17(13-31)12-16-3-4-16/h5-10,12,15-16,19H,1-4,11,14H2,(H2,32,33,34). The molecule has 40 heavy (non-hydrogen) atoms. The number of carbonyl (C=O) groups is 1. The highest BCUT2D eigenvalue weighted by molar-refractivity contribution is 5.99. The third-order valence-corrected chi connectivity index (χ3v) is 7.04. The van der Waals surface area contributed by atoms with Crippen molar-refractivity contribution in [3.05, 3.63) is 66.1 Å². The highest BCUT2D eigenvalue weighted by Crippen LogP contribution is 2.36. The lowest BCUT2D eigenvalue weighted by atomic mass is 10.0. The van der Waals surface area contributed by atoms with Gasteiger partial charge in [-0.25, -0.2) is 19.0 Å². The predicted octanol–water partition coefficient (Wildman–Crippen LogP) is 4.56. The van der Waals surface area contributed by atoms with E-state index in [4.69, 9.17) is 15.6 Å². The number of nitriles is 1. The molecular weight excluding hydrogens is 518 g/mol. The molecule has 3 aromatic heterocycles. The molecule has 10 nitrogen and oxygen atoms in total. The fraction of sp³-hybridized carbons (Fsp3) is 0.286. The quantitative estimate of drug-likeness (QED) is 0.213. The number of ether oxygens (including phenoxy) is 1. The Morgan fingerprint density at radius 3 is 2.65 bits per heavy atom. The van der Waals surface area contributed by atoms with Crippen LogP contribution < -0.4 is 10.5 Å². The number of likely N-dealkylation sites (tertiary alicyclic amines) is 1. The minimum absolute atomic E-state index is 0.0187. The van der Waals surface area contributed by atoms with Gasteiger partial charge in [0, 0.05) is 19.2 Å². The van der Waals surface area contributed by atoms with E-state index in [0.29, 0.717) is 48.6 Å². The average molecular weight is 543 g/mol. The molecule has 1 amide bonds. The number of aromatic nitrogens is 5. The molecule has 1 aliphatic heterocycles. The highest BCUT2D eigenvalue weighted by Gasteiger charge is 2.31. The van der Waals surface area contributed by atoms with Crippen molar-refractivity contribution in [2.45, 2.75) is 31.7 Å². The molecule has 6 rings (SSSR count). The monoisotopic (exact) mass is 542 g/mol. The van der Waals surface area contributed by atoms with Crippen molar-refractivity contribution in [1.82, 2.24) is 29.6 Å². The van der Waals surface area contributed by atoms with Gasteiger partial charge in [0.15, 0.2) is 5.65 Å². The van der Waals surface area contributed by atoms with E-state index >= 15 is 4.39 Å². The summed E-state index contributed by atoms with van der Waals surface area (Å²) in [5, 5.41) is 14.6. The molecule has 0 radical (unpaired) electrons. The Kier molecular flexibility index (Phi) is 6.55. The van der Waals surface area contributed by atoms with Gasteiger partial charge < -0.3 is 15.4 Å². The number of benzene rings is 1. The number of piperidine rings is 1. The van der Waals surface area contributed by atoms with Crippen LogP contribution >= 0.6 is 0 Å². The summed E-state index contributed by atoms with van der Waals surface area (Å²) in [7, 11) is 0. The van der Waals surface area contributed by atoms with Gasteiger partial charge in [-0.2, -0.15) is 19.7 Å². The average Bonchev–Trinajstić information content (AvgIpc) is 3.70. The number of hydrogen-bond acceptors (Lipinski definition) is 8. The first-order valence-corrected chi connectivity index (χ1v) is 12.9. The summed E-state index contributed by atoms with van der Waals surface area (Å²) in [5.74, 6) is -0.857. The molecule has 0 spiro atoms. The molecule has 1 saturated carbocycles. The van der Waals surface area contributed by atoms with Crippen molar-refractivity contribution >= 4 is 22.8 Å².